The Morgan fingerprint density at radius 1 is 1.22 bits per heavy atom. The molecule has 0 saturated heterocycles. The van der Waals surface area contributed by atoms with Gasteiger partial charge in [0.2, 0.25) is 17.8 Å². The van der Waals surface area contributed by atoms with Gasteiger partial charge in [0.05, 0.1) is 19.2 Å². The number of thiazole rings is 1. The molecular formula is C21H24F2N4O4S. The standard InChI is InChI=1S/C21H24F2N4O4S/c1-11-18(19(30)24-13-7-8-21(13,2)3)26-20(32-11)27(16(28)5-6-17(29)31-4)12-9-14(22)25-15(23)10-12/h9-10,13H,5-8H2,1-4H3,(H,24,30). The van der Waals surface area contributed by atoms with Crippen LogP contribution in [0.25, 0.3) is 0 Å². The fourth-order valence-electron chi connectivity index (χ4n) is 3.41. The molecule has 1 aliphatic rings. The average molecular weight is 467 g/mol. The molecule has 0 spiro atoms. The minimum absolute atomic E-state index is 0.00953. The lowest BCUT2D eigenvalue weighted by atomic mass is 9.67. The molecule has 1 atom stereocenters. The molecule has 1 saturated carbocycles. The molecule has 11 heteroatoms. The topological polar surface area (TPSA) is 101 Å². The van der Waals surface area contributed by atoms with Gasteiger partial charge in [-0.3, -0.25) is 19.3 Å². The molecule has 1 fully saturated rings. The summed E-state index contributed by atoms with van der Waals surface area (Å²) in [5, 5.41) is 3.02. The third-order valence-corrected chi connectivity index (χ3v) is 6.50. The molecular weight excluding hydrogens is 442 g/mol. The quantitative estimate of drug-likeness (QED) is 0.494. The number of aryl methyl sites for hydroxylation is 1. The van der Waals surface area contributed by atoms with E-state index in [1.807, 2.05) is 0 Å². The fourth-order valence-corrected chi connectivity index (χ4v) is 4.36. The van der Waals surface area contributed by atoms with Crippen molar-refractivity contribution in [1.82, 2.24) is 15.3 Å². The van der Waals surface area contributed by atoms with Crippen molar-refractivity contribution in [2.75, 3.05) is 12.0 Å². The molecule has 0 aromatic carbocycles. The molecule has 8 nitrogen and oxygen atoms in total. The highest BCUT2D eigenvalue weighted by Gasteiger charge is 2.40. The van der Waals surface area contributed by atoms with Crippen molar-refractivity contribution >= 4 is 39.9 Å². The number of methoxy groups -OCH3 is 1. The summed E-state index contributed by atoms with van der Waals surface area (Å²) in [4.78, 5) is 46.1. The predicted octanol–water partition coefficient (Wildman–Crippen LogP) is 3.66. The second-order valence-electron chi connectivity index (χ2n) is 8.23. The van der Waals surface area contributed by atoms with Gasteiger partial charge >= 0.3 is 5.97 Å². The number of halogens is 2. The van der Waals surface area contributed by atoms with Crippen LogP contribution >= 0.6 is 11.3 Å². The summed E-state index contributed by atoms with van der Waals surface area (Å²) in [6, 6.07) is 1.78. The van der Waals surface area contributed by atoms with Gasteiger partial charge in [-0.1, -0.05) is 13.8 Å². The molecule has 0 aliphatic heterocycles. The monoisotopic (exact) mass is 466 g/mol. The Labute approximate surface area is 188 Å². The van der Waals surface area contributed by atoms with Crippen LogP contribution in [-0.2, 0) is 14.3 Å². The molecule has 2 aromatic heterocycles. The van der Waals surface area contributed by atoms with Crippen molar-refractivity contribution in [3.8, 4) is 0 Å². The Bertz CT molecular complexity index is 1040. The van der Waals surface area contributed by atoms with Crippen LogP contribution in [0.3, 0.4) is 0 Å². The molecule has 1 unspecified atom stereocenters. The number of nitrogens with zero attached hydrogens (tertiary/aromatic N) is 3. The minimum atomic E-state index is -1.12. The smallest absolute Gasteiger partial charge is 0.306 e. The van der Waals surface area contributed by atoms with E-state index in [1.54, 1.807) is 6.92 Å². The number of esters is 1. The van der Waals surface area contributed by atoms with Crippen molar-refractivity contribution in [1.29, 1.82) is 0 Å². The maximum Gasteiger partial charge on any atom is 0.306 e. The van der Waals surface area contributed by atoms with E-state index in [1.165, 1.54) is 7.11 Å². The zero-order chi connectivity index (χ0) is 23.6. The Hall–Kier alpha value is -2.95. The number of rotatable bonds is 7. The molecule has 2 aromatic rings. The van der Waals surface area contributed by atoms with E-state index in [-0.39, 0.29) is 46.7 Å². The van der Waals surface area contributed by atoms with Crippen LogP contribution in [0.2, 0.25) is 0 Å². The van der Waals surface area contributed by atoms with Crippen LogP contribution in [-0.4, -0.2) is 40.9 Å². The number of pyridine rings is 1. The Morgan fingerprint density at radius 2 is 1.88 bits per heavy atom. The minimum Gasteiger partial charge on any atom is -0.469 e. The van der Waals surface area contributed by atoms with Gasteiger partial charge in [-0.15, -0.1) is 11.3 Å². The van der Waals surface area contributed by atoms with Gasteiger partial charge in [0.15, 0.2) is 5.13 Å². The third kappa shape index (κ3) is 5.09. The molecule has 1 N–H and O–H groups in total. The number of ether oxygens (including phenoxy) is 1. The molecule has 32 heavy (non-hydrogen) atoms. The van der Waals surface area contributed by atoms with E-state index in [4.69, 9.17) is 0 Å². The highest BCUT2D eigenvalue weighted by molar-refractivity contribution is 7.16. The van der Waals surface area contributed by atoms with Crippen LogP contribution in [0.5, 0.6) is 0 Å². The van der Waals surface area contributed by atoms with Gasteiger partial charge in [-0.05, 0) is 25.2 Å². The highest BCUT2D eigenvalue weighted by atomic mass is 32.1. The molecule has 2 amide bonds. The third-order valence-electron chi connectivity index (χ3n) is 5.54. The first-order valence-corrected chi connectivity index (χ1v) is 10.8. The number of amides is 2. The fraction of sp³-hybridized carbons (Fsp3) is 0.476. The lowest BCUT2D eigenvalue weighted by Gasteiger charge is -2.44. The number of hydrogen-bond acceptors (Lipinski definition) is 7. The van der Waals surface area contributed by atoms with Crippen LogP contribution < -0.4 is 10.2 Å². The maximum atomic E-state index is 13.8. The van der Waals surface area contributed by atoms with Crippen molar-refractivity contribution in [2.45, 2.75) is 52.5 Å². The first kappa shape index (κ1) is 23.7. The van der Waals surface area contributed by atoms with E-state index in [0.717, 1.165) is 41.2 Å². The first-order chi connectivity index (χ1) is 15.0. The van der Waals surface area contributed by atoms with Gasteiger partial charge < -0.3 is 10.1 Å². The van der Waals surface area contributed by atoms with E-state index in [0.29, 0.717) is 4.88 Å². The number of aromatic nitrogens is 2. The molecule has 0 radical (unpaired) electrons. The molecule has 1 aliphatic carbocycles. The van der Waals surface area contributed by atoms with Gasteiger partial charge in [0.1, 0.15) is 5.69 Å². The number of hydrogen-bond donors (Lipinski definition) is 1. The molecule has 172 valence electrons. The average Bonchev–Trinajstić information content (AvgIpc) is 3.09. The van der Waals surface area contributed by atoms with E-state index >= 15 is 0 Å². The van der Waals surface area contributed by atoms with Crippen LogP contribution in [0, 0.1) is 24.2 Å². The van der Waals surface area contributed by atoms with Crippen LogP contribution in [0.15, 0.2) is 12.1 Å². The summed E-state index contributed by atoms with van der Waals surface area (Å²) < 4.78 is 32.1. The highest BCUT2D eigenvalue weighted by Crippen LogP contribution is 2.40. The largest absolute Gasteiger partial charge is 0.469 e. The lowest BCUT2D eigenvalue weighted by molar-refractivity contribution is -0.141. The lowest BCUT2D eigenvalue weighted by Crippen LogP contribution is -2.52. The first-order valence-electron chi connectivity index (χ1n) is 10.0. The number of carbonyl (C=O) groups excluding carboxylic acids is 3. The predicted molar refractivity (Wildman–Crippen MR) is 114 cm³/mol. The van der Waals surface area contributed by atoms with E-state index in [9.17, 15) is 23.2 Å². The molecule has 2 heterocycles. The van der Waals surface area contributed by atoms with Gasteiger partial charge in [0.25, 0.3) is 5.91 Å². The van der Waals surface area contributed by atoms with E-state index < -0.39 is 23.8 Å². The summed E-state index contributed by atoms with van der Waals surface area (Å²) in [5.41, 5.74) is -0.0242. The number of anilines is 2. The van der Waals surface area contributed by atoms with Crippen molar-refractivity contribution < 1.29 is 27.9 Å². The van der Waals surface area contributed by atoms with Crippen molar-refractivity contribution in [2.24, 2.45) is 5.41 Å². The maximum absolute atomic E-state index is 13.8. The molecule has 3 rings (SSSR count). The second kappa shape index (κ2) is 9.27. The summed E-state index contributed by atoms with van der Waals surface area (Å²) >= 11 is 1.03. The number of carbonyl (C=O) groups is 3. The molecule has 0 bridgehead atoms. The summed E-state index contributed by atoms with van der Waals surface area (Å²) in [7, 11) is 1.19. The Kier molecular flexibility index (Phi) is 6.87. The van der Waals surface area contributed by atoms with E-state index in [2.05, 4.69) is 33.9 Å². The van der Waals surface area contributed by atoms with Crippen molar-refractivity contribution in [3.05, 3.63) is 34.6 Å². The normalized spacial score (nSPS) is 16.8. The summed E-state index contributed by atoms with van der Waals surface area (Å²) in [6.07, 6.45) is 1.36. The summed E-state index contributed by atoms with van der Waals surface area (Å²) in [5.74, 6) is -3.87. The van der Waals surface area contributed by atoms with Gasteiger partial charge in [-0.2, -0.15) is 13.8 Å². The SMILES string of the molecule is COC(=O)CCC(=O)N(c1cc(F)nc(F)c1)c1nc(C(=O)NC2CCC2(C)C)c(C)s1. The number of nitrogens with one attached hydrogen (secondary N) is 1. The van der Waals surface area contributed by atoms with Crippen molar-refractivity contribution in [3.63, 3.8) is 0 Å². The van der Waals surface area contributed by atoms with Crippen LogP contribution in [0.1, 0.15) is 54.9 Å². The summed E-state index contributed by atoms with van der Waals surface area (Å²) in [6.45, 7) is 5.80. The zero-order valence-electron chi connectivity index (χ0n) is 18.2. The zero-order valence-corrected chi connectivity index (χ0v) is 19.0. The van der Waals surface area contributed by atoms with Gasteiger partial charge in [-0.25, -0.2) is 4.98 Å². The Balaban J connectivity index is 1.92. The second-order valence-corrected chi connectivity index (χ2v) is 9.41. The van der Waals surface area contributed by atoms with Gasteiger partial charge in [0, 0.05) is 29.5 Å². The Morgan fingerprint density at radius 3 is 2.41 bits per heavy atom. The van der Waals surface area contributed by atoms with Crippen LogP contribution in [0.4, 0.5) is 19.6 Å².